The molecule has 2 N–H and O–H groups in total. The molecule has 1 amide bonds. The van der Waals surface area contributed by atoms with E-state index in [-0.39, 0.29) is 11.9 Å². The molecule has 3 heteroatoms. The van der Waals surface area contributed by atoms with Crippen LogP contribution in [0.2, 0.25) is 0 Å². The topological polar surface area (TPSA) is 41.1 Å². The average Bonchev–Trinajstić information content (AvgIpc) is 2.29. The van der Waals surface area contributed by atoms with Crippen LogP contribution in [0.4, 0.5) is 5.69 Å². The highest BCUT2D eigenvalue weighted by atomic mass is 16.1. The molecule has 1 rings (SSSR count). The molecule has 3 nitrogen and oxygen atoms in total. The molecule has 0 aliphatic carbocycles. The summed E-state index contributed by atoms with van der Waals surface area (Å²) in [5.41, 5.74) is 1.78. The van der Waals surface area contributed by atoms with Crippen molar-refractivity contribution in [1.29, 1.82) is 0 Å². The van der Waals surface area contributed by atoms with E-state index in [2.05, 4.69) is 17.6 Å². The number of benzene rings is 1. The van der Waals surface area contributed by atoms with Crippen molar-refractivity contribution < 1.29 is 4.79 Å². The minimum absolute atomic E-state index is 0.0138. The minimum atomic E-state index is -0.0138. The Labute approximate surface area is 104 Å². The highest BCUT2D eigenvalue weighted by molar-refractivity contribution is 5.94. The molecule has 0 heterocycles. The predicted molar refractivity (Wildman–Crippen MR) is 72.4 cm³/mol. The van der Waals surface area contributed by atoms with Crippen LogP contribution in [0.15, 0.2) is 24.3 Å². The third-order valence-corrected chi connectivity index (χ3v) is 2.43. The van der Waals surface area contributed by atoms with Gasteiger partial charge in [-0.05, 0) is 44.5 Å². The first-order chi connectivity index (χ1) is 8.13. The Kier molecular flexibility index (Phi) is 5.53. The monoisotopic (exact) mass is 234 g/mol. The lowest BCUT2D eigenvalue weighted by atomic mass is 10.2. The predicted octanol–water partition coefficient (Wildman–Crippen LogP) is 3.04. The van der Waals surface area contributed by atoms with Crippen molar-refractivity contribution in [2.24, 2.45) is 0 Å². The van der Waals surface area contributed by atoms with Gasteiger partial charge in [0.05, 0.1) is 0 Å². The average molecular weight is 234 g/mol. The lowest BCUT2D eigenvalue weighted by Gasteiger charge is -2.09. The molecule has 94 valence electrons. The number of hydrogen-bond acceptors (Lipinski definition) is 2. The van der Waals surface area contributed by atoms with Crippen LogP contribution in [-0.4, -0.2) is 18.5 Å². The summed E-state index contributed by atoms with van der Waals surface area (Å²) in [4.78, 5) is 11.7. The van der Waals surface area contributed by atoms with Gasteiger partial charge < -0.3 is 10.6 Å². The quantitative estimate of drug-likeness (QED) is 0.743. The summed E-state index contributed by atoms with van der Waals surface area (Å²) in [6.45, 7) is 7.06. The third-order valence-electron chi connectivity index (χ3n) is 2.43. The fourth-order valence-corrected chi connectivity index (χ4v) is 1.49. The van der Waals surface area contributed by atoms with Crippen molar-refractivity contribution >= 4 is 11.6 Å². The fourth-order valence-electron chi connectivity index (χ4n) is 1.49. The Balaban J connectivity index is 2.52. The van der Waals surface area contributed by atoms with Gasteiger partial charge in [0.15, 0.2) is 0 Å². The molecule has 1 aromatic carbocycles. The van der Waals surface area contributed by atoms with Gasteiger partial charge in [-0.1, -0.05) is 13.3 Å². The molecule has 0 atom stereocenters. The molecule has 0 saturated heterocycles. The van der Waals surface area contributed by atoms with Crippen molar-refractivity contribution in [3.05, 3.63) is 29.8 Å². The van der Waals surface area contributed by atoms with E-state index in [0.29, 0.717) is 5.56 Å². The molecular formula is C14H22N2O. The lowest BCUT2D eigenvalue weighted by molar-refractivity contribution is 0.0943. The maximum Gasteiger partial charge on any atom is 0.251 e. The summed E-state index contributed by atoms with van der Waals surface area (Å²) < 4.78 is 0. The summed E-state index contributed by atoms with van der Waals surface area (Å²) in [6.07, 6.45) is 2.34. The number of rotatable bonds is 6. The van der Waals surface area contributed by atoms with E-state index in [9.17, 15) is 4.79 Å². The van der Waals surface area contributed by atoms with Crippen LogP contribution in [0.1, 0.15) is 44.0 Å². The molecule has 0 radical (unpaired) electrons. The molecular weight excluding hydrogens is 212 g/mol. The van der Waals surface area contributed by atoms with Crippen LogP contribution >= 0.6 is 0 Å². The SMILES string of the molecule is CCCCNc1ccc(C(=O)NC(C)C)cc1. The molecule has 0 unspecified atom stereocenters. The van der Waals surface area contributed by atoms with Crippen LogP contribution in [-0.2, 0) is 0 Å². The van der Waals surface area contributed by atoms with Crippen molar-refractivity contribution in [3.63, 3.8) is 0 Å². The van der Waals surface area contributed by atoms with Gasteiger partial charge in [-0.15, -0.1) is 0 Å². The fraction of sp³-hybridized carbons (Fsp3) is 0.500. The van der Waals surface area contributed by atoms with Gasteiger partial charge in [0.2, 0.25) is 0 Å². The second-order valence-corrected chi connectivity index (χ2v) is 4.49. The van der Waals surface area contributed by atoms with Gasteiger partial charge in [0.1, 0.15) is 0 Å². The second kappa shape index (κ2) is 6.94. The van der Waals surface area contributed by atoms with Crippen LogP contribution in [0, 0.1) is 0 Å². The Morgan fingerprint density at radius 1 is 1.24 bits per heavy atom. The van der Waals surface area contributed by atoms with Gasteiger partial charge in [-0.25, -0.2) is 0 Å². The van der Waals surface area contributed by atoms with Gasteiger partial charge in [0, 0.05) is 23.8 Å². The number of nitrogens with one attached hydrogen (secondary N) is 2. The van der Waals surface area contributed by atoms with E-state index in [0.717, 1.165) is 18.7 Å². The second-order valence-electron chi connectivity index (χ2n) is 4.49. The number of carbonyl (C=O) groups is 1. The zero-order chi connectivity index (χ0) is 12.7. The summed E-state index contributed by atoms with van der Waals surface area (Å²) in [5, 5.41) is 6.19. The van der Waals surface area contributed by atoms with E-state index >= 15 is 0 Å². The van der Waals surface area contributed by atoms with Gasteiger partial charge in [-0.3, -0.25) is 4.79 Å². The largest absolute Gasteiger partial charge is 0.385 e. The molecule has 0 bridgehead atoms. The van der Waals surface area contributed by atoms with Crippen LogP contribution < -0.4 is 10.6 Å². The van der Waals surface area contributed by atoms with Crippen molar-refractivity contribution in [3.8, 4) is 0 Å². The van der Waals surface area contributed by atoms with E-state index in [1.165, 1.54) is 6.42 Å². The maximum atomic E-state index is 11.7. The minimum Gasteiger partial charge on any atom is -0.385 e. The van der Waals surface area contributed by atoms with Crippen molar-refractivity contribution in [2.75, 3.05) is 11.9 Å². The summed E-state index contributed by atoms with van der Waals surface area (Å²) in [5.74, 6) is -0.0138. The Morgan fingerprint density at radius 3 is 2.41 bits per heavy atom. The van der Waals surface area contributed by atoms with Crippen molar-refractivity contribution in [1.82, 2.24) is 5.32 Å². The zero-order valence-electron chi connectivity index (χ0n) is 10.9. The van der Waals surface area contributed by atoms with Crippen LogP contribution in [0.25, 0.3) is 0 Å². The van der Waals surface area contributed by atoms with E-state index < -0.39 is 0 Å². The third kappa shape index (κ3) is 4.89. The standard InChI is InChI=1S/C14H22N2O/c1-4-5-10-15-13-8-6-12(7-9-13)14(17)16-11(2)3/h6-9,11,15H,4-5,10H2,1-3H3,(H,16,17). The van der Waals surface area contributed by atoms with Crippen molar-refractivity contribution in [2.45, 2.75) is 39.7 Å². The van der Waals surface area contributed by atoms with Gasteiger partial charge >= 0.3 is 0 Å². The number of unbranched alkanes of at least 4 members (excludes halogenated alkanes) is 1. The van der Waals surface area contributed by atoms with E-state index in [4.69, 9.17) is 0 Å². The normalized spacial score (nSPS) is 10.4. The number of amides is 1. The summed E-state index contributed by atoms with van der Waals surface area (Å²) in [7, 11) is 0. The van der Waals surface area contributed by atoms with Crippen LogP contribution in [0.5, 0.6) is 0 Å². The Hall–Kier alpha value is -1.51. The van der Waals surface area contributed by atoms with Gasteiger partial charge in [-0.2, -0.15) is 0 Å². The first-order valence-electron chi connectivity index (χ1n) is 6.28. The maximum absolute atomic E-state index is 11.7. The van der Waals surface area contributed by atoms with E-state index in [1.54, 1.807) is 0 Å². The zero-order valence-corrected chi connectivity index (χ0v) is 10.9. The molecule has 1 aromatic rings. The number of carbonyl (C=O) groups excluding carboxylic acids is 1. The molecule has 0 aliphatic rings. The number of hydrogen-bond donors (Lipinski definition) is 2. The first kappa shape index (κ1) is 13.6. The molecule has 0 aromatic heterocycles. The Morgan fingerprint density at radius 2 is 1.88 bits per heavy atom. The molecule has 0 saturated carbocycles. The first-order valence-corrected chi connectivity index (χ1v) is 6.28. The highest BCUT2D eigenvalue weighted by Gasteiger charge is 2.05. The van der Waals surface area contributed by atoms with E-state index in [1.807, 2.05) is 38.1 Å². The number of anilines is 1. The summed E-state index contributed by atoms with van der Waals surface area (Å²) >= 11 is 0. The smallest absolute Gasteiger partial charge is 0.251 e. The lowest BCUT2D eigenvalue weighted by Crippen LogP contribution is -2.29. The van der Waals surface area contributed by atoms with Crippen LogP contribution in [0.3, 0.4) is 0 Å². The molecule has 0 fully saturated rings. The Bertz CT molecular complexity index is 344. The summed E-state index contributed by atoms with van der Waals surface area (Å²) in [6, 6.07) is 7.78. The highest BCUT2D eigenvalue weighted by Crippen LogP contribution is 2.09. The van der Waals surface area contributed by atoms with Gasteiger partial charge in [0.25, 0.3) is 5.91 Å². The molecule has 17 heavy (non-hydrogen) atoms. The molecule has 0 spiro atoms. The molecule has 0 aliphatic heterocycles.